The van der Waals surface area contributed by atoms with Gasteiger partial charge < -0.3 is 19.3 Å². The van der Waals surface area contributed by atoms with Gasteiger partial charge in [0.25, 0.3) is 0 Å². The Labute approximate surface area is 157 Å². The fourth-order valence-corrected chi connectivity index (χ4v) is 2.62. The molecule has 0 atom stereocenters. The van der Waals surface area contributed by atoms with E-state index in [4.69, 9.17) is 14.2 Å². The summed E-state index contributed by atoms with van der Waals surface area (Å²) in [5.41, 5.74) is -0.172. The van der Waals surface area contributed by atoms with Crippen molar-refractivity contribution in [3.63, 3.8) is 0 Å². The van der Waals surface area contributed by atoms with Crippen LogP contribution in [0.1, 0.15) is 30.3 Å². The lowest BCUT2D eigenvalue weighted by atomic mass is 10.1. The fourth-order valence-electron chi connectivity index (χ4n) is 2.62. The topological polar surface area (TPSA) is 77.9 Å². The van der Waals surface area contributed by atoms with Crippen LogP contribution in [-0.2, 0) is 4.74 Å². The van der Waals surface area contributed by atoms with E-state index >= 15 is 0 Å². The average Bonchev–Trinajstić information content (AvgIpc) is 2.70. The summed E-state index contributed by atoms with van der Waals surface area (Å²) in [5.74, 6) is 0.267. The van der Waals surface area contributed by atoms with Gasteiger partial charge in [-0.3, -0.25) is 0 Å². The van der Waals surface area contributed by atoms with Crippen LogP contribution in [-0.4, -0.2) is 29.8 Å². The molecule has 0 amide bonds. The Kier molecular flexibility index (Phi) is 5.76. The third-order valence-corrected chi connectivity index (χ3v) is 4.05. The second kappa shape index (κ2) is 8.40. The van der Waals surface area contributed by atoms with Crippen LogP contribution in [0.2, 0.25) is 0 Å². The molecule has 0 unspecified atom stereocenters. The number of ether oxygens (including phenoxy) is 3. The van der Waals surface area contributed by atoms with Crippen LogP contribution in [0.3, 0.4) is 0 Å². The molecule has 0 aliphatic heterocycles. The van der Waals surface area contributed by atoms with Crippen molar-refractivity contribution in [2.24, 2.45) is 0 Å². The molecule has 0 spiro atoms. The molecule has 0 aliphatic carbocycles. The molecule has 0 radical (unpaired) electrons. The monoisotopic (exact) mass is 367 g/mol. The Balaban J connectivity index is 2.06. The molecule has 0 bridgehead atoms. The third-order valence-electron chi connectivity index (χ3n) is 4.05. The number of carbonyl (C=O) groups excluding carboxylic acids is 1. The number of nitrogens with zero attached hydrogens (tertiary/aromatic N) is 1. The first-order chi connectivity index (χ1) is 13.2. The van der Waals surface area contributed by atoms with Gasteiger partial charge in [0, 0.05) is 10.8 Å². The van der Waals surface area contributed by atoms with Gasteiger partial charge >= 0.3 is 5.97 Å². The molecule has 0 saturated carbocycles. The standard InChI is InChI=1S/C21H21NO5/c1-3-4-13-26-21(24)18-19(23)14-9-5-6-10-15(14)20(22-18)27-17-12-8-7-11-16(17)25-2/h5-12,23H,3-4,13H2,1-2H3. The number of methoxy groups -OCH3 is 1. The number of hydrogen-bond donors (Lipinski definition) is 1. The molecular weight excluding hydrogens is 346 g/mol. The molecule has 6 heteroatoms. The minimum Gasteiger partial charge on any atom is -0.505 e. The molecular formula is C21H21NO5. The molecule has 0 saturated heterocycles. The third kappa shape index (κ3) is 3.95. The zero-order valence-electron chi connectivity index (χ0n) is 15.3. The minimum atomic E-state index is -0.684. The number of aromatic hydroxyl groups is 1. The number of pyridine rings is 1. The zero-order valence-corrected chi connectivity index (χ0v) is 15.3. The van der Waals surface area contributed by atoms with Gasteiger partial charge in [-0.15, -0.1) is 0 Å². The second-order valence-corrected chi connectivity index (χ2v) is 5.90. The summed E-state index contributed by atoms with van der Waals surface area (Å²) in [4.78, 5) is 16.6. The maximum Gasteiger partial charge on any atom is 0.360 e. The van der Waals surface area contributed by atoms with Crippen LogP contribution in [0.25, 0.3) is 10.8 Å². The molecule has 3 aromatic rings. The van der Waals surface area contributed by atoms with Gasteiger partial charge in [-0.2, -0.15) is 0 Å². The number of esters is 1. The number of hydrogen-bond acceptors (Lipinski definition) is 6. The Morgan fingerprint density at radius 3 is 2.41 bits per heavy atom. The Hall–Kier alpha value is -3.28. The van der Waals surface area contributed by atoms with Gasteiger partial charge in [0.15, 0.2) is 22.9 Å². The van der Waals surface area contributed by atoms with Crippen molar-refractivity contribution >= 4 is 16.7 Å². The first-order valence-electron chi connectivity index (χ1n) is 8.75. The first kappa shape index (κ1) is 18.5. The smallest absolute Gasteiger partial charge is 0.360 e. The van der Waals surface area contributed by atoms with Crippen molar-refractivity contribution in [2.45, 2.75) is 19.8 Å². The van der Waals surface area contributed by atoms with Crippen LogP contribution in [0.15, 0.2) is 48.5 Å². The predicted molar refractivity (Wildman–Crippen MR) is 102 cm³/mol. The molecule has 6 nitrogen and oxygen atoms in total. The molecule has 3 rings (SSSR count). The lowest BCUT2D eigenvalue weighted by molar-refractivity contribution is 0.0489. The van der Waals surface area contributed by atoms with Crippen LogP contribution >= 0.6 is 0 Å². The van der Waals surface area contributed by atoms with Crippen molar-refractivity contribution in [3.8, 4) is 23.1 Å². The maximum atomic E-state index is 12.4. The van der Waals surface area contributed by atoms with E-state index in [-0.39, 0.29) is 23.9 Å². The van der Waals surface area contributed by atoms with Crippen LogP contribution < -0.4 is 9.47 Å². The molecule has 27 heavy (non-hydrogen) atoms. The van der Waals surface area contributed by atoms with Gasteiger partial charge in [0.2, 0.25) is 5.88 Å². The molecule has 1 heterocycles. The van der Waals surface area contributed by atoms with Gasteiger partial charge in [-0.25, -0.2) is 9.78 Å². The quantitative estimate of drug-likeness (QED) is 0.482. The van der Waals surface area contributed by atoms with E-state index in [1.54, 1.807) is 49.6 Å². The lowest BCUT2D eigenvalue weighted by Gasteiger charge is -2.14. The van der Waals surface area contributed by atoms with Gasteiger partial charge in [-0.05, 0) is 24.6 Å². The van der Waals surface area contributed by atoms with E-state index in [1.165, 1.54) is 0 Å². The average molecular weight is 367 g/mol. The normalized spacial score (nSPS) is 10.6. The van der Waals surface area contributed by atoms with Gasteiger partial charge in [-0.1, -0.05) is 43.7 Å². The molecule has 140 valence electrons. The fraction of sp³-hybridized carbons (Fsp3) is 0.238. The minimum absolute atomic E-state index is 0.172. The molecule has 1 N–H and O–H groups in total. The van der Waals surface area contributed by atoms with E-state index in [0.717, 1.165) is 12.8 Å². The van der Waals surface area contributed by atoms with E-state index < -0.39 is 5.97 Å². The number of carbonyl (C=O) groups is 1. The number of para-hydroxylation sites is 2. The number of rotatable bonds is 7. The van der Waals surface area contributed by atoms with Crippen molar-refractivity contribution in [3.05, 3.63) is 54.2 Å². The van der Waals surface area contributed by atoms with Crippen molar-refractivity contribution < 1.29 is 24.1 Å². The van der Waals surface area contributed by atoms with Gasteiger partial charge in [0.05, 0.1) is 13.7 Å². The number of fused-ring (bicyclic) bond motifs is 1. The number of benzene rings is 2. The highest BCUT2D eigenvalue weighted by Gasteiger charge is 2.21. The molecule has 0 aliphatic rings. The van der Waals surface area contributed by atoms with E-state index in [0.29, 0.717) is 22.3 Å². The Bertz CT molecular complexity index is 954. The van der Waals surface area contributed by atoms with Gasteiger partial charge in [0.1, 0.15) is 0 Å². The van der Waals surface area contributed by atoms with Crippen LogP contribution in [0.4, 0.5) is 0 Å². The summed E-state index contributed by atoms with van der Waals surface area (Å²) in [5, 5.41) is 11.6. The van der Waals surface area contributed by atoms with Crippen molar-refractivity contribution in [1.82, 2.24) is 4.98 Å². The maximum absolute atomic E-state index is 12.4. The van der Waals surface area contributed by atoms with Crippen molar-refractivity contribution in [1.29, 1.82) is 0 Å². The Morgan fingerprint density at radius 2 is 1.70 bits per heavy atom. The highest BCUT2D eigenvalue weighted by molar-refractivity contribution is 6.01. The summed E-state index contributed by atoms with van der Waals surface area (Å²) < 4.78 is 16.4. The zero-order chi connectivity index (χ0) is 19.2. The van der Waals surface area contributed by atoms with Crippen LogP contribution in [0, 0.1) is 0 Å². The van der Waals surface area contributed by atoms with Crippen molar-refractivity contribution in [2.75, 3.05) is 13.7 Å². The van der Waals surface area contributed by atoms with E-state index in [9.17, 15) is 9.90 Å². The Morgan fingerprint density at radius 1 is 1.04 bits per heavy atom. The lowest BCUT2D eigenvalue weighted by Crippen LogP contribution is -2.10. The summed E-state index contributed by atoms with van der Waals surface area (Å²) in [6.07, 6.45) is 1.64. The van der Waals surface area contributed by atoms with E-state index in [2.05, 4.69) is 4.98 Å². The number of aromatic nitrogens is 1. The van der Waals surface area contributed by atoms with Crippen LogP contribution in [0.5, 0.6) is 23.1 Å². The highest BCUT2D eigenvalue weighted by Crippen LogP contribution is 2.38. The largest absolute Gasteiger partial charge is 0.505 e. The first-order valence-corrected chi connectivity index (χ1v) is 8.75. The second-order valence-electron chi connectivity index (χ2n) is 5.90. The SMILES string of the molecule is CCCCOC(=O)c1nc(Oc2ccccc2OC)c2ccccc2c1O. The molecule has 0 fully saturated rings. The summed E-state index contributed by atoms with van der Waals surface area (Å²) in [6, 6.07) is 14.2. The summed E-state index contributed by atoms with van der Waals surface area (Å²) in [6.45, 7) is 2.27. The summed E-state index contributed by atoms with van der Waals surface area (Å²) in [7, 11) is 1.54. The molecule has 1 aromatic heterocycles. The predicted octanol–water partition coefficient (Wildman–Crippen LogP) is 4.70. The highest BCUT2D eigenvalue weighted by atomic mass is 16.5. The molecule has 2 aromatic carbocycles. The number of unbranched alkanes of at least 4 members (excludes halogenated alkanes) is 1. The van der Waals surface area contributed by atoms with E-state index in [1.807, 2.05) is 13.0 Å². The summed E-state index contributed by atoms with van der Waals surface area (Å²) >= 11 is 0.